The Hall–Kier alpha value is -3.03. The van der Waals surface area contributed by atoms with E-state index >= 15 is 0 Å². The van der Waals surface area contributed by atoms with E-state index in [1.807, 2.05) is 12.2 Å². The van der Waals surface area contributed by atoms with Crippen LogP contribution in [0.5, 0.6) is 5.75 Å². The number of methoxy groups -OCH3 is 1. The molecule has 2 amide bonds. The van der Waals surface area contributed by atoms with Gasteiger partial charge in [0.2, 0.25) is 11.8 Å². The minimum atomic E-state index is -1.13. The molecule has 8 heteroatoms. The van der Waals surface area contributed by atoms with Crippen LogP contribution in [0.2, 0.25) is 0 Å². The van der Waals surface area contributed by atoms with Crippen molar-refractivity contribution in [1.29, 1.82) is 0 Å². The van der Waals surface area contributed by atoms with Crippen molar-refractivity contribution in [3.8, 4) is 5.75 Å². The van der Waals surface area contributed by atoms with Crippen molar-refractivity contribution in [2.45, 2.75) is 25.8 Å². The van der Waals surface area contributed by atoms with Gasteiger partial charge in [-0.15, -0.1) is 0 Å². The molecule has 0 bridgehead atoms. The lowest BCUT2D eigenvalue weighted by atomic mass is 9.85. The number of Topliss-reactive ketones (excluding diaryl/α,β-unsaturated/α-hetero) is 1. The fraction of sp³-hybridized carbons (Fsp3) is 0.400. The van der Waals surface area contributed by atoms with Crippen LogP contribution < -0.4 is 4.74 Å². The Morgan fingerprint density at radius 2 is 1.79 bits per heavy atom. The number of rotatable bonds is 6. The third-order valence-corrected chi connectivity index (χ3v) is 5.09. The monoisotopic (exact) mass is 389 g/mol. The first kappa shape index (κ1) is 19.7. The van der Waals surface area contributed by atoms with Crippen LogP contribution in [0.15, 0.2) is 30.4 Å². The number of esters is 1. The van der Waals surface area contributed by atoms with E-state index in [4.69, 9.17) is 9.47 Å². The van der Waals surface area contributed by atoms with Gasteiger partial charge in [-0.2, -0.15) is 0 Å². The van der Waals surface area contributed by atoms with Crippen molar-refractivity contribution in [1.82, 2.24) is 4.90 Å². The molecule has 3 atom stereocenters. The molecule has 2 aliphatic rings. The predicted octanol–water partition coefficient (Wildman–Crippen LogP) is 1.90. The topological polar surface area (TPSA) is 90.0 Å². The normalized spacial score (nSPS) is 22.0. The Kier molecular flexibility index (Phi) is 5.58. The van der Waals surface area contributed by atoms with Gasteiger partial charge in [-0.25, -0.2) is 9.18 Å². The number of hydrogen-bond donors (Lipinski definition) is 0. The largest absolute Gasteiger partial charge is 0.494 e. The number of likely N-dealkylation sites (tertiary alicyclic amines) is 1. The highest BCUT2D eigenvalue weighted by Gasteiger charge is 2.50. The number of ether oxygens (including phenoxy) is 2. The Morgan fingerprint density at radius 3 is 2.32 bits per heavy atom. The Bertz CT molecular complexity index is 838. The number of carbonyl (C=O) groups is 4. The third kappa shape index (κ3) is 3.54. The van der Waals surface area contributed by atoms with Crippen molar-refractivity contribution < 1.29 is 33.0 Å². The maximum atomic E-state index is 13.7. The molecule has 0 saturated carbocycles. The zero-order valence-corrected chi connectivity index (χ0v) is 15.5. The summed E-state index contributed by atoms with van der Waals surface area (Å²) < 4.78 is 23.5. The summed E-state index contributed by atoms with van der Waals surface area (Å²) in [4.78, 5) is 50.4. The van der Waals surface area contributed by atoms with Crippen LogP contribution in [0, 0.1) is 17.7 Å². The van der Waals surface area contributed by atoms with Gasteiger partial charge in [0.05, 0.1) is 18.9 Å². The number of fused-ring (bicyclic) bond motifs is 1. The van der Waals surface area contributed by atoms with E-state index in [1.165, 1.54) is 26.2 Å². The van der Waals surface area contributed by atoms with Gasteiger partial charge in [-0.05, 0) is 38.0 Å². The number of imide groups is 1. The number of benzene rings is 1. The molecule has 0 radical (unpaired) electrons. The molecule has 1 aromatic carbocycles. The standard InChI is InChI=1S/C20H20FNO6/c1-11(22-18(24)13-5-3-4-6-14(13)19(22)25)20(26)28-10-16(23)12-7-8-17(27-2)15(21)9-12/h3-4,7-9,11,13-14H,5-6,10H2,1-2H3/t11-,13-,14+/m0/s1. The van der Waals surface area contributed by atoms with Gasteiger partial charge in [-0.3, -0.25) is 19.3 Å². The van der Waals surface area contributed by atoms with Crippen LogP contribution in [-0.2, 0) is 19.1 Å². The van der Waals surface area contributed by atoms with E-state index < -0.39 is 53.9 Å². The molecule has 148 valence electrons. The highest BCUT2D eigenvalue weighted by molar-refractivity contribution is 6.08. The molecule has 1 saturated heterocycles. The minimum absolute atomic E-state index is 0.0100. The van der Waals surface area contributed by atoms with E-state index in [1.54, 1.807) is 0 Å². The average molecular weight is 389 g/mol. The molecule has 0 unspecified atom stereocenters. The van der Waals surface area contributed by atoms with Crippen LogP contribution in [0.4, 0.5) is 4.39 Å². The Labute approximate surface area is 161 Å². The van der Waals surface area contributed by atoms with Gasteiger partial charge < -0.3 is 9.47 Å². The summed E-state index contributed by atoms with van der Waals surface area (Å²) in [7, 11) is 1.30. The fourth-order valence-electron chi connectivity index (χ4n) is 3.49. The van der Waals surface area contributed by atoms with Crippen molar-refractivity contribution in [2.75, 3.05) is 13.7 Å². The Balaban J connectivity index is 1.61. The number of halogens is 1. The summed E-state index contributed by atoms with van der Waals surface area (Å²) >= 11 is 0. The molecular weight excluding hydrogens is 369 g/mol. The number of ketones is 1. The summed E-state index contributed by atoms with van der Waals surface area (Å²) in [5.74, 6) is -3.88. The minimum Gasteiger partial charge on any atom is -0.494 e. The number of nitrogens with zero attached hydrogens (tertiary/aromatic N) is 1. The molecular formula is C20H20FNO6. The SMILES string of the molecule is COc1ccc(C(=O)COC(=O)[C@H](C)N2C(=O)[C@H]3CC=CC[C@H]3C2=O)cc1F. The first-order chi connectivity index (χ1) is 13.3. The molecule has 28 heavy (non-hydrogen) atoms. The summed E-state index contributed by atoms with van der Waals surface area (Å²) in [6.07, 6.45) is 4.64. The number of amides is 2. The smallest absolute Gasteiger partial charge is 0.329 e. The molecule has 3 rings (SSSR count). The molecule has 1 fully saturated rings. The maximum absolute atomic E-state index is 13.7. The van der Waals surface area contributed by atoms with E-state index in [0.29, 0.717) is 12.8 Å². The highest BCUT2D eigenvalue weighted by Crippen LogP contribution is 2.36. The van der Waals surface area contributed by atoms with Crippen LogP contribution in [0.1, 0.15) is 30.1 Å². The summed E-state index contributed by atoms with van der Waals surface area (Å²) in [6, 6.07) is 2.51. The average Bonchev–Trinajstić information content (AvgIpc) is 2.96. The van der Waals surface area contributed by atoms with E-state index in [2.05, 4.69) is 0 Å². The molecule has 0 spiro atoms. The lowest BCUT2D eigenvalue weighted by Gasteiger charge is -2.21. The predicted molar refractivity (Wildman–Crippen MR) is 94.9 cm³/mol. The van der Waals surface area contributed by atoms with Crippen molar-refractivity contribution in [3.05, 3.63) is 41.7 Å². The highest BCUT2D eigenvalue weighted by atomic mass is 19.1. The van der Waals surface area contributed by atoms with Crippen molar-refractivity contribution >= 4 is 23.6 Å². The molecule has 1 aromatic rings. The second kappa shape index (κ2) is 7.92. The van der Waals surface area contributed by atoms with Crippen molar-refractivity contribution in [2.24, 2.45) is 11.8 Å². The second-order valence-electron chi connectivity index (χ2n) is 6.76. The van der Waals surface area contributed by atoms with E-state index in [-0.39, 0.29) is 11.3 Å². The van der Waals surface area contributed by atoms with Crippen LogP contribution >= 0.6 is 0 Å². The van der Waals surface area contributed by atoms with Gasteiger partial charge in [0.15, 0.2) is 24.0 Å². The van der Waals surface area contributed by atoms with Gasteiger partial charge in [-0.1, -0.05) is 12.2 Å². The van der Waals surface area contributed by atoms with Crippen LogP contribution in [0.25, 0.3) is 0 Å². The maximum Gasteiger partial charge on any atom is 0.329 e. The summed E-state index contributed by atoms with van der Waals surface area (Å²) in [5, 5.41) is 0. The molecule has 7 nitrogen and oxygen atoms in total. The second-order valence-corrected chi connectivity index (χ2v) is 6.76. The summed E-state index contributed by atoms with van der Waals surface area (Å²) in [5.41, 5.74) is 0.0178. The lowest BCUT2D eigenvalue weighted by molar-refractivity contribution is -0.157. The van der Waals surface area contributed by atoms with Gasteiger partial charge in [0, 0.05) is 5.56 Å². The molecule has 1 aliphatic heterocycles. The van der Waals surface area contributed by atoms with E-state index in [0.717, 1.165) is 11.0 Å². The first-order valence-electron chi connectivity index (χ1n) is 8.90. The number of hydrogen-bond acceptors (Lipinski definition) is 6. The zero-order chi connectivity index (χ0) is 20.4. The first-order valence-corrected chi connectivity index (χ1v) is 8.90. The van der Waals surface area contributed by atoms with Crippen LogP contribution in [0.3, 0.4) is 0 Å². The summed E-state index contributed by atoms with van der Waals surface area (Å²) in [6.45, 7) is 0.764. The molecule has 1 aliphatic carbocycles. The molecule has 0 N–H and O–H groups in total. The van der Waals surface area contributed by atoms with Crippen LogP contribution in [-0.4, -0.2) is 48.2 Å². The molecule has 1 heterocycles. The fourth-order valence-corrected chi connectivity index (χ4v) is 3.49. The quantitative estimate of drug-likeness (QED) is 0.320. The Morgan fingerprint density at radius 1 is 1.18 bits per heavy atom. The number of carbonyl (C=O) groups excluding carboxylic acids is 4. The lowest BCUT2D eigenvalue weighted by Crippen LogP contribution is -2.44. The van der Waals surface area contributed by atoms with Gasteiger partial charge in [0.25, 0.3) is 0 Å². The van der Waals surface area contributed by atoms with Crippen molar-refractivity contribution in [3.63, 3.8) is 0 Å². The molecule has 0 aromatic heterocycles. The van der Waals surface area contributed by atoms with E-state index in [9.17, 15) is 23.6 Å². The van der Waals surface area contributed by atoms with Gasteiger partial charge in [0.1, 0.15) is 6.04 Å². The number of allylic oxidation sites excluding steroid dienone is 2. The zero-order valence-electron chi connectivity index (χ0n) is 15.5. The van der Waals surface area contributed by atoms with Gasteiger partial charge >= 0.3 is 5.97 Å². The third-order valence-electron chi connectivity index (χ3n) is 5.09.